The minimum absolute atomic E-state index is 0.0259. The molecule has 1 aliphatic heterocycles. The molecule has 154 valence electrons. The van der Waals surface area contributed by atoms with Crippen LogP contribution in [-0.4, -0.2) is 55.4 Å². The number of aliphatic imine (C=N–C) groups is 1. The lowest BCUT2D eigenvalue weighted by Gasteiger charge is -2.20. The summed E-state index contributed by atoms with van der Waals surface area (Å²) in [5, 5.41) is 9.58. The van der Waals surface area contributed by atoms with Crippen LogP contribution in [0.5, 0.6) is 0 Å². The molecule has 3 N–H and O–H groups in total. The van der Waals surface area contributed by atoms with Crippen LogP contribution in [0.2, 0.25) is 0 Å². The van der Waals surface area contributed by atoms with Gasteiger partial charge in [-0.3, -0.25) is 14.6 Å². The van der Waals surface area contributed by atoms with Gasteiger partial charge in [0.05, 0.1) is 0 Å². The van der Waals surface area contributed by atoms with E-state index in [9.17, 15) is 9.59 Å². The van der Waals surface area contributed by atoms with Crippen LogP contribution in [0.15, 0.2) is 29.3 Å². The first-order valence-corrected chi connectivity index (χ1v) is 10.1. The quantitative estimate of drug-likeness (QED) is 0.491. The standard InChI is InChI=1S/C21H33N5O2/c1-5-10-23-19(27)17-8-6-7-16(12-17)13-24-21(22-4)25-18-9-11-26(14-18)20(28)15(2)3/h6-8,12,15,18H,5,9-11,13-14H2,1-4H3,(H,23,27)(H2,22,24,25). The minimum Gasteiger partial charge on any atom is -0.352 e. The first-order valence-electron chi connectivity index (χ1n) is 10.1. The maximum Gasteiger partial charge on any atom is 0.251 e. The Morgan fingerprint density at radius 3 is 2.75 bits per heavy atom. The van der Waals surface area contributed by atoms with E-state index >= 15 is 0 Å². The van der Waals surface area contributed by atoms with Gasteiger partial charge in [-0.15, -0.1) is 0 Å². The van der Waals surface area contributed by atoms with E-state index in [-0.39, 0.29) is 23.8 Å². The smallest absolute Gasteiger partial charge is 0.251 e. The van der Waals surface area contributed by atoms with Crippen molar-refractivity contribution in [2.24, 2.45) is 10.9 Å². The van der Waals surface area contributed by atoms with Gasteiger partial charge in [0.25, 0.3) is 5.91 Å². The normalized spacial score (nSPS) is 17.0. The average molecular weight is 388 g/mol. The van der Waals surface area contributed by atoms with Crippen LogP contribution < -0.4 is 16.0 Å². The SMILES string of the molecule is CCCNC(=O)c1cccc(CNC(=NC)NC2CCN(C(=O)C(C)C)C2)c1. The first-order chi connectivity index (χ1) is 13.4. The third-order valence-electron chi connectivity index (χ3n) is 4.74. The van der Waals surface area contributed by atoms with Crippen molar-refractivity contribution in [3.05, 3.63) is 35.4 Å². The molecule has 0 aliphatic carbocycles. The average Bonchev–Trinajstić information content (AvgIpc) is 3.17. The van der Waals surface area contributed by atoms with E-state index in [0.29, 0.717) is 31.2 Å². The predicted octanol–water partition coefficient (Wildman–Crippen LogP) is 1.75. The molecule has 1 heterocycles. The van der Waals surface area contributed by atoms with Gasteiger partial charge in [-0.25, -0.2) is 0 Å². The molecule has 1 fully saturated rings. The van der Waals surface area contributed by atoms with Gasteiger partial charge in [0.15, 0.2) is 5.96 Å². The zero-order chi connectivity index (χ0) is 20.5. The van der Waals surface area contributed by atoms with Gasteiger partial charge < -0.3 is 20.9 Å². The molecule has 2 amide bonds. The van der Waals surface area contributed by atoms with Crippen LogP contribution in [0.3, 0.4) is 0 Å². The lowest BCUT2D eigenvalue weighted by molar-refractivity contribution is -0.133. The Hall–Kier alpha value is -2.57. The van der Waals surface area contributed by atoms with Crippen LogP contribution in [0.25, 0.3) is 0 Å². The predicted molar refractivity (Wildman–Crippen MR) is 112 cm³/mol. The maximum atomic E-state index is 12.1. The summed E-state index contributed by atoms with van der Waals surface area (Å²) in [5.74, 6) is 0.875. The number of guanidine groups is 1. The second kappa shape index (κ2) is 10.7. The molecule has 1 atom stereocenters. The number of rotatable bonds is 7. The number of amides is 2. The molecule has 0 aromatic heterocycles. The second-order valence-electron chi connectivity index (χ2n) is 7.45. The van der Waals surface area contributed by atoms with Gasteiger partial charge >= 0.3 is 0 Å². The van der Waals surface area contributed by atoms with Gasteiger partial charge in [-0.1, -0.05) is 32.9 Å². The van der Waals surface area contributed by atoms with Crippen molar-refractivity contribution in [2.45, 2.75) is 46.2 Å². The summed E-state index contributed by atoms with van der Waals surface area (Å²) in [6.45, 7) is 8.61. The van der Waals surface area contributed by atoms with Gasteiger partial charge in [0, 0.05) is 50.7 Å². The molecule has 1 saturated heterocycles. The number of carbonyl (C=O) groups is 2. The zero-order valence-corrected chi connectivity index (χ0v) is 17.4. The summed E-state index contributed by atoms with van der Waals surface area (Å²) in [5.41, 5.74) is 1.67. The molecule has 1 aromatic rings. The van der Waals surface area contributed by atoms with Crippen LogP contribution in [-0.2, 0) is 11.3 Å². The van der Waals surface area contributed by atoms with Crippen molar-refractivity contribution >= 4 is 17.8 Å². The van der Waals surface area contributed by atoms with E-state index in [1.54, 1.807) is 7.05 Å². The molecule has 28 heavy (non-hydrogen) atoms. The van der Waals surface area contributed by atoms with Gasteiger partial charge in [0.2, 0.25) is 5.91 Å². The molecular weight excluding hydrogens is 354 g/mol. The fraction of sp³-hybridized carbons (Fsp3) is 0.571. The summed E-state index contributed by atoms with van der Waals surface area (Å²) in [4.78, 5) is 30.4. The van der Waals surface area contributed by atoms with Crippen molar-refractivity contribution in [1.82, 2.24) is 20.9 Å². The molecule has 0 spiro atoms. The molecule has 0 saturated carbocycles. The Bertz CT molecular complexity index is 702. The zero-order valence-electron chi connectivity index (χ0n) is 17.4. The van der Waals surface area contributed by atoms with Crippen molar-refractivity contribution in [1.29, 1.82) is 0 Å². The number of nitrogens with zero attached hydrogens (tertiary/aromatic N) is 2. The highest BCUT2D eigenvalue weighted by Crippen LogP contribution is 2.13. The fourth-order valence-corrected chi connectivity index (χ4v) is 3.18. The highest BCUT2D eigenvalue weighted by molar-refractivity contribution is 5.94. The Labute approximate surface area is 168 Å². The van der Waals surface area contributed by atoms with E-state index in [0.717, 1.165) is 24.9 Å². The van der Waals surface area contributed by atoms with Crippen molar-refractivity contribution in [3.8, 4) is 0 Å². The van der Waals surface area contributed by atoms with Gasteiger partial charge in [-0.2, -0.15) is 0 Å². The topological polar surface area (TPSA) is 85.8 Å². The highest BCUT2D eigenvalue weighted by Gasteiger charge is 2.27. The van der Waals surface area contributed by atoms with E-state index in [1.165, 1.54) is 0 Å². The van der Waals surface area contributed by atoms with Gasteiger partial charge in [0.1, 0.15) is 0 Å². The summed E-state index contributed by atoms with van der Waals surface area (Å²) in [6, 6.07) is 7.78. The molecule has 1 unspecified atom stereocenters. The largest absolute Gasteiger partial charge is 0.352 e. The summed E-state index contributed by atoms with van der Waals surface area (Å²) < 4.78 is 0. The van der Waals surface area contributed by atoms with E-state index in [4.69, 9.17) is 0 Å². The fourth-order valence-electron chi connectivity index (χ4n) is 3.18. The summed E-state index contributed by atoms with van der Waals surface area (Å²) in [7, 11) is 1.73. The van der Waals surface area contributed by atoms with Crippen molar-refractivity contribution in [3.63, 3.8) is 0 Å². The lowest BCUT2D eigenvalue weighted by atomic mass is 10.1. The summed E-state index contributed by atoms with van der Waals surface area (Å²) >= 11 is 0. The minimum atomic E-state index is -0.0490. The monoisotopic (exact) mass is 387 g/mol. The molecule has 1 aromatic carbocycles. The van der Waals surface area contributed by atoms with Gasteiger partial charge in [-0.05, 0) is 30.5 Å². The number of hydrogen-bond acceptors (Lipinski definition) is 3. The maximum absolute atomic E-state index is 12.1. The third-order valence-corrected chi connectivity index (χ3v) is 4.74. The number of hydrogen-bond donors (Lipinski definition) is 3. The number of nitrogens with one attached hydrogen (secondary N) is 3. The van der Waals surface area contributed by atoms with Crippen LogP contribution in [0.4, 0.5) is 0 Å². The second-order valence-corrected chi connectivity index (χ2v) is 7.45. The number of benzene rings is 1. The molecule has 1 aliphatic rings. The Balaban J connectivity index is 1.86. The summed E-state index contributed by atoms with van der Waals surface area (Å²) in [6.07, 6.45) is 1.82. The molecule has 7 nitrogen and oxygen atoms in total. The molecule has 2 rings (SSSR count). The van der Waals surface area contributed by atoms with E-state index in [1.807, 2.05) is 49.9 Å². The number of likely N-dealkylation sites (tertiary alicyclic amines) is 1. The number of carbonyl (C=O) groups excluding carboxylic acids is 2. The van der Waals surface area contributed by atoms with Crippen molar-refractivity contribution in [2.75, 3.05) is 26.7 Å². The van der Waals surface area contributed by atoms with E-state index < -0.39 is 0 Å². The molecular formula is C21H33N5O2. The van der Waals surface area contributed by atoms with Crippen LogP contribution in [0, 0.1) is 5.92 Å². The lowest BCUT2D eigenvalue weighted by Crippen LogP contribution is -2.45. The Morgan fingerprint density at radius 1 is 1.29 bits per heavy atom. The first kappa shape index (κ1) is 21.7. The highest BCUT2D eigenvalue weighted by atomic mass is 16.2. The van der Waals surface area contributed by atoms with Crippen LogP contribution >= 0.6 is 0 Å². The Morgan fingerprint density at radius 2 is 2.07 bits per heavy atom. The Kier molecular flexibility index (Phi) is 8.29. The van der Waals surface area contributed by atoms with Crippen molar-refractivity contribution < 1.29 is 9.59 Å². The molecule has 0 radical (unpaired) electrons. The van der Waals surface area contributed by atoms with Crippen LogP contribution in [0.1, 0.15) is 49.5 Å². The van der Waals surface area contributed by atoms with E-state index in [2.05, 4.69) is 20.9 Å². The third kappa shape index (κ3) is 6.25. The molecule has 0 bridgehead atoms. The molecule has 7 heteroatoms.